The third kappa shape index (κ3) is 2.75. The van der Waals surface area contributed by atoms with E-state index in [1.807, 2.05) is 12.2 Å². The van der Waals surface area contributed by atoms with E-state index in [2.05, 4.69) is 41.2 Å². The highest BCUT2D eigenvalue weighted by molar-refractivity contribution is 7.18. The van der Waals surface area contributed by atoms with Crippen molar-refractivity contribution in [3.8, 4) is 0 Å². The molecule has 1 aliphatic carbocycles. The lowest BCUT2D eigenvalue weighted by molar-refractivity contribution is 0.700. The Balaban J connectivity index is 1.74. The molecule has 3 aromatic rings. The van der Waals surface area contributed by atoms with Gasteiger partial charge < -0.3 is 4.98 Å². The van der Waals surface area contributed by atoms with Crippen LogP contribution in [0.15, 0.2) is 29.1 Å². The van der Waals surface area contributed by atoms with Crippen molar-refractivity contribution in [3.63, 3.8) is 0 Å². The van der Waals surface area contributed by atoms with Crippen molar-refractivity contribution in [3.05, 3.63) is 62.0 Å². The minimum absolute atomic E-state index is 0.00189. The molecule has 0 bridgehead atoms. The highest BCUT2D eigenvalue weighted by atomic mass is 32.1. The quantitative estimate of drug-likeness (QED) is 0.763. The van der Waals surface area contributed by atoms with Gasteiger partial charge in [-0.1, -0.05) is 35.9 Å². The van der Waals surface area contributed by atoms with Gasteiger partial charge in [0, 0.05) is 4.88 Å². The van der Waals surface area contributed by atoms with Crippen LogP contribution in [0.3, 0.4) is 0 Å². The average Bonchev–Trinajstić information content (AvgIpc) is 2.93. The summed E-state index contributed by atoms with van der Waals surface area (Å²) < 4.78 is 0. The van der Waals surface area contributed by atoms with Crippen molar-refractivity contribution in [1.82, 2.24) is 9.97 Å². The Hall–Kier alpha value is -2.20. The van der Waals surface area contributed by atoms with E-state index in [0.29, 0.717) is 5.82 Å². The summed E-state index contributed by atoms with van der Waals surface area (Å²) in [7, 11) is 0. The van der Waals surface area contributed by atoms with Gasteiger partial charge in [0.2, 0.25) is 0 Å². The van der Waals surface area contributed by atoms with Gasteiger partial charge in [0.1, 0.15) is 10.7 Å². The van der Waals surface area contributed by atoms with E-state index >= 15 is 0 Å². The molecule has 0 saturated carbocycles. The number of nitrogens with zero attached hydrogens (tertiary/aromatic N) is 1. The van der Waals surface area contributed by atoms with Crippen LogP contribution in [0.2, 0.25) is 0 Å². The van der Waals surface area contributed by atoms with Crippen LogP contribution in [-0.4, -0.2) is 9.97 Å². The summed E-state index contributed by atoms with van der Waals surface area (Å²) in [6, 6.07) is 8.28. The summed E-state index contributed by atoms with van der Waals surface area (Å²) in [4.78, 5) is 22.3. The minimum Gasteiger partial charge on any atom is -0.306 e. The van der Waals surface area contributed by atoms with Gasteiger partial charge in [-0.3, -0.25) is 4.79 Å². The molecule has 0 aliphatic heterocycles. The Morgan fingerprint density at radius 1 is 1.13 bits per heavy atom. The van der Waals surface area contributed by atoms with Crippen molar-refractivity contribution in [2.24, 2.45) is 0 Å². The molecule has 0 saturated heterocycles. The van der Waals surface area contributed by atoms with Crippen LogP contribution in [0, 0.1) is 6.92 Å². The van der Waals surface area contributed by atoms with Crippen molar-refractivity contribution in [1.29, 1.82) is 0 Å². The molecule has 23 heavy (non-hydrogen) atoms. The molecule has 1 aromatic carbocycles. The first-order chi connectivity index (χ1) is 11.2. The van der Waals surface area contributed by atoms with E-state index in [-0.39, 0.29) is 5.56 Å². The van der Waals surface area contributed by atoms with E-state index in [0.717, 1.165) is 28.6 Å². The number of hydrogen-bond acceptors (Lipinski definition) is 3. The molecule has 0 amide bonds. The van der Waals surface area contributed by atoms with Gasteiger partial charge in [0.15, 0.2) is 0 Å². The first-order valence-electron chi connectivity index (χ1n) is 8.00. The van der Waals surface area contributed by atoms with E-state index < -0.39 is 0 Å². The standard InChI is InChI=1S/C19H18N2OS/c1-12-6-8-13(9-7-12)10-11-16-20-18(22)17-14-4-2-3-5-15(14)23-19(17)21-16/h6-11H,2-5H2,1H3,(H,20,21,22)/b11-10+. The van der Waals surface area contributed by atoms with Crippen molar-refractivity contribution < 1.29 is 0 Å². The number of aromatic amines is 1. The number of aryl methyl sites for hydroxylation is 3. The maximum Gasteiger partial charge on any atom is 0.260 e. The van der Waals surface area contributed by atoms with Crippen molar-refractivity contribution in [2.45, 2.75) is 32.6 Å². The second-order valence-corrected chi connectivity index (χ2v) is 7.17. The smallest absolute Gasteiger partial charge is 0.260 e. The highest BCUT2D eigenvalue weighted by Gasteiger charge is 2.19. The molecule has 0 unspecified atom stereocenters. The maximum atomic E-state index is 12.5. The number of hydrogen-bond donors (Lipinski definition) is 1. The molecular weight excluding hydrogens is 304 g/mol. The van der Waals surface area contributed by atoms with Crippen LogP contribution < -0.4 is 5.56 Å². The van der Waals surface area contributed by atoms with Gasteiger partial charge in [-0.25, -0.2) is 4.98 Å². The number of rotatable bonds is 2. The SMILES string of the molecule is Cc1ccc(/C=C/c2nc3sc4c(c3c(=O)[nH]2)CCCC4)cc1. The number of nitrogens with one attached hydrogen (secondary N) is 1. The molecule has 1 N–H and O–H groups in total. The highest BCUT2D eigenvalue weighted by Crippen LogP contribution is 2.33. The molecule has 1 aliphatic rings. The fourth-order valence-corrected chi connectivity index (χ4v) is 4.38. The molecular formula is C19H18N2OS. The average molecular weight is 322 g/mol. The monoisotopic (exact) mass is 322 g/mol. The number of fused-ring (bicyclic) bond motifs is 3. The molecule has 2 aromatic heterocycles. The van der Waals surface area contributed by atoms with Crippen LogP contribution in [0.5, 0.6) is 0 Å². The minimum atomic E-state index is -0.00189. The van der Waals surface area contributed by atoms with E-state index in [4.69, 9.17) is 0 Å². The molecule has 2 heterocycles. The van der Waals surface area contributed by atoms with Gasteiger partial charge in [-0.05, 0) is 49.8 Å². The van der Waals surface area contributed by atoms with Crippen LogP contribution in [0.25, 0.3) is 22.4 Å². The zero-order chi connectivity index (χ0) is 15.8. The lowest BCUT2D eigenvalue weighted by Crippen LogP contribution is -2.11. The largest absolute Gasteiger partial charge is 0.306 e. The molecule has 4 heteroatoms. The Bertz CT molecular complexity index is 948. The summed E-state index contributed by atoms with van der Waals surface area (Å²) in [6.07, 6.45) is 8.36. The van der Waals surface area contributed by atoms with E-state index in [9.17, 15) is 4.79 Å². The topological polar surface area (TPSA) is 45.8 Å². The predicted molar refractivity (Wildman–Crippen MR) is 97.0 cm³/mol. The van der Waals surface area contributed by atoms with Crippen LogP contribution >= 0.6 is 11.3 Å². The molecule has 3 nitrogen and oxygen atoms in total. The van der Waals surface area contributed by atoms with Crippen molar-refractivity contribution in [2.75, 3.05) is 0 Å². The normalized spacial score (nSPS) is 14.5. The summed E-state index contributed by atoms with van der Waals surface area (Å²) >= 11 is 1.69. The third-order valence-corrected chi connectivity index (χ3v) is 5.54. The lowest BCUT2D eigenvalue weighted by atomic mass is 9.97. The summed E-state index contributed by atoms with van der Waals surface area (Å²) in [5, 5.41) is 0.817. The maximum absolute atomic E-state index is 12.5. The summed E-state index contributed by atoms with van der Waals surface area (Å²) in [6.45, 7) is 2.07. The second-order valence-electron chi connectivity index (χ2n) is 6.09. The number of H-pyrrole nitrogens is 1. The Morgan fingerprint density at radius 2 is 1.91 bits per heavy atom. The molecule has 4 rings (SSSR count). The van der Waals surface area contributed by atoms with Gasteiger partial charge in [0.05, 0.1) is 5.39 Å². The third-order valence-electron chi connectivity index (χ3n) is 4.35. The van der Waals surface area contributed by atoms with Gasteiger partial charge in [-0.2, -0.15) is 0 Å². The van der Waals surface area contributed by atoms with Crippen molar-refractivity contribution >= 4 is 33.7 Å². The lowest BCUT2D eigenvalue weighted by Gasteiger charge is -2.09. The van der Waals surface area contributed by atoms with Crippen LogP contribution in [0.4, 0.5) is 0 Å². The molecule has 0 fully saturated rings. The predicted octanol–water partition coefficient (Wildman–Crippen LogP) is 4.34. The first kappa shape index (κ1) is 14.4. The molecule has 116 valence electrons. The van der Waals surface area contributed by atoms with E-state index in [1.54, 1.807) is 11.3 Å². The molecule has 0 atom stereocenters. The zero-order valence-electron chi connectivity index (χ0n) is 13.1. The van der Waals surface area contributed by atoms with Crippen LogP contribution in [-0.2, 0) is 12.8 Å². The van der Waals surface area contributed by atoms with E-state index in [1.165, 1.54) is 28.8 Å². The first-order valence-corrected chi connectivity index (χ1v) is 8.82. The van der Waals surface area contributed by atoms with Crippen LogP contribution in [0.1, 0.15) is 40.2 Å². The zero-order valence-corrected chi connectivity index (χ0v) is 13.9. The fourth-order valence-electron chi connectivity index (χ4n) is 3.11. The molecule has 0 spiro atoms. The van der Waals surface area contributed by atoms with Gasteiger partial charge >= 0.3 is 0 Å². The Morgan fingerprint density at radius 3 is 2.74 bits per heavy atom. The van der Waals surface area contributed by atoms with Gasteiger partial charge in [0.25, 0.3) is 5.56 Å². The van der Waals surface area contributed by atoms with Gasteiger partial charge in [-0.15, -0.1) is 11.3 Å². The summed E-state index contributed by atoms with van der Waals surface area (Å²) in [5.74, 6) is 0.627. The molecule has 0 radical (unpaired) electrons. The number of aromatic nitrogens is 2. The summed E-state index contributed by atoms with van der Waals surface area (Å²) in [5.41, 5.74) is 3.57. The fraction of sp³-hybridized carbons (Fsp3) is 0.263. The number of benzene rings is 1. The Kier molecular flexibility index (Phi) is 3.62. The Labute approximate surface area is 138 Å². The number of thiophene rings is 1. The second kappa shape index (κ2) is 5.78.